The largest absolute Gasteiger partial charge is 0.361 e. The summed E-state index contributed by atoms with van der Waals surface area (Å²) in [4.78, 5) is 111. The van der Waals surface area contributed by atoms with Crippen LogP contribution in [0, 0.1) is 19.7 Å². The van der Waals surface area contributed by atoms with Crippen LogP contribution in [0.1, 0.15) is 129 Å². The zero-order valence-electron chi connectivity index (χ0n) is 62.2. The molecule has 564 valence electrons. The Balaban J connectivity index is 0.000000169. The van der Waals surface area contributed by atoms with Crippen LogP contribution in [0.15, 0.2) is 204 Å². The van der Waals surface area contributed by atoms with E-state index in [1.807, 2.05) is 87.5 Å². The molecule has 0 unspecified atom stereocenters. The van der Waals surface area contributed by atoms with Gasteiger partial charge < -0.3 is 28.6 Å². The summed E-state index contributed by atoms with van der Waals surface area (Å²) in [6, 6.07) is 49.5. The number of hydrogen-bond acceptors (Lipinski definition) is 16. The van der Waals surface area contributed by atoms with Crippen molar-refractivity contribution in [1.29, 1.82) is 0 Å². The van der Waals surface area contributed by atoms with Crippen LogP contribution in [0.2, 0.25) is 15.1 Å². The van der Waals surface area contributed by atoms with Gasteiger partial charge in [-0.05, 0) is 121 Å². The van der Waals surface area contributed by atoms with Crippen molar-refractivity contribution in [3.8, 4) is 44.6 Å². The van der Waals surface area contributed by atoms with E-state index in [9.17, 15) is 42.7 Å². The summed E-state index contributed by atoms with van der Waals surface area (Å²) in [5.74, 6) is 0.199. The lowest BCUT2D eigenvalue weighted by Gasteiger charge is -2.18. The Morgan fingerprint density at radius 1 is 0.400 bits per heavy atom. The van der Waals surface area contributed by atoms with Crippen molar-refractivity contribution >= 4 is 104 Å². The van der Waals surface area contributed by atoms with Crippen molar-refractivity contribution < 1.29 is 51.8 Å². The van der Waals surface area contributed by atoms with E-state index in [-0.39, 0.29) is 78.1 Å². The summed E-state index contributed by atoms with van der Waals surface area (Å²) >= 11 is 19.2. The molecule has 0 aliphatic carbocycles. The van der Waals surface area contributed by atoms with Crippen molar-refractivity contribution in [2.45, 2.75) is 92.9 Å². The Morgan fingerprint density at radius 2 is 0.827 bits per heavy atom. The van der Waals surface area contributed by atoms with E-state index in [1.54, 1.807) is 179 Å². The van der Waals surface area contributed by atoms with Gasteiger partial charge in [-0.1, -0.05) is 146 Å². The normalized spacial score (nSPS) is 10.7. The predicted octanol–water partition coefficient (Wildman–Crippen LogP) is 17.5. The number of hydrogen-bond donors (Lipinski definition) is 2. The van der Waals surface area contributed by atoms with Crippen molar-refractivity contribution in [2.24, 2.45) is 0 Å². The molecule has 2 N–H and O–H groups in total. The SMILES string of the molecule is CCC(=O)N(C)c1ccc(-c2ccc(C(=O)Cc3cc(C)no3)cn2)c(Cl)c1.CCC(=O)N(C)c1ccc(-c2ccc(C(=O)Cc3cc(C)no3)nc2)c(Cl)c1.CCC(=O)N(C)c1ccc(-c2ccc(C(=O)Cc3ccn[nH]3)cc2)cc1Cl.CCC(=O)N(C)c1ccc(-c2ccc(C(=O)Cc3ccn[nH]3)cc2)cc1F. The van der Waals surface area contributed by atoms with Gasteiger partial charge in [0.15, 0.2) is 23.1 Å². The Labute approximate surface area is 650 Å². The van der Waals surface area contributed by atoms with Gasteiger partial charge in [-0.25, -0.2) is 4.39 Å². The molecule has 0 radical (unpaired) electrons. The molecule has 0 fully saturated rings. The fourth-order valence-corrected chi connectivity index (χ4v) is 12.1. The molecule has 26 heteroatoms. The molecule has 0 saturated carbocycles. The lowest BCUT2D eigenvalue weighted by molar-refractivity contribution is -0.118. The third-order valence-electron chi connectivity index (χ3n) is 17.6. The van der Waals surface area contributed by atoms with Crippen molar-refractivity contribution in [2.75, 3.05) is 47.8 Å². The maximum Gasteiger partial charge on any atom is 0.226 e. The smallest absolute Gasteiger partial charge is 0.226 e. The molecule has 110 heavy (non-hydrogen) atoms. The number of anilines is 4. The summed E-state index contributed by atoms with van der Waals surface area (Å²) in [6.07, 6.45) is 8.73. The first-order chi connectivity index (χ1) is 52.7. The number of rotatable bonds is 24. The van der Waals surface area contributed by atoms with Crippen LogP contribution in [-0.2, 0) is 44.9 Å². The second kappa shape index (κ2) is 38.6. The van der Waals surface area contributed by atoms with Crippen LogP contribution in [0.3, 0.4) is 0 Å². The molecule has 0 aliphatic heterocycles. The highest BCUT2D eigenvalue weighted by Gasteiger charge is 2.21. The molecule has 6 heterocycles. The fourth-order valence-electron chi connectivity index (χ4n) is 11.2. The van der Waals surface area contributed by atoms with E-state index >= 15 is 0 Å². The van der Waals surface area contributed by atoms with Gasteiger partial charge in [0.25, 0.3) is 0 Å². The number of nitrogens with zero attached hydrogens (tertiary/aromatic N) is 10. The summed E-state index contributed by atoms with van der Waals surface area (Å²) in [7, 11) is 6.71. The van der Waals surface area contributed by atoms with Gasteiger partial charge in [-0.3, -0.25) is 58.5 Å². The van der Waals surface area contributed by atoms with Crippen LogP contribution >= 0.6 is 34.8 Å². The number of amides is 4. The zero-order chi connectivity index (χ0) is 79.3. The van der Waals surface area contributed by atoms with Crippen molar-refractivity contribution in [3.63, 3.8) is 0 Å². The highest BCUT2D eigenvalue weighted by Crippen LogP contribution is 2.35. The topological polar surface area (TPSA) is 285 Å². The molecule has 6 aromatic carbocycles. The number of carbonyl (C=O) groups is 8. The van der Waals surface area contributed by atoms with Gasteiger partial charge in [0.05, 0.1) is 69.2 Å². The first kappa shape index (κ1) is 81.9. The maximum atomic E-state index is 14.4. The van der Waals surface area contributed by atoms with Gasteiger partial charge >= 0.3 is 0 Å². The third-order valence-corrected chi connectivity index (χ3v) is 18.6. The average Bonchev–Trinajstić information content (AvgIpc) is 0.935. The van der Waals surface area contributed by atoms with Crippen LogP contribution in [-0.4, -0.2) is 116 Å². The van der Waals surface area contributed by atoms with E-state index in [0.717, 1.165) is 67.5 Å². The molecular weight excluding hydrogens is 1460 g/mol. The number of benzene rings is 6. The van der Waals surface area contributed by atoms with E-state index in [0.29, 0.717) is 91.6 Å². The summed E-state index contributed by atoms with van der Waals surface area (Å²) in [5, 5.41) is 22.3. The number of Topliss-reactive ketones (excluding diaryl/α,β-unsaturated/α-hetero) is 4. The molecule has 0 saturated heterocycles. The second-order valence-corrected chi connectivity index (χ2v) is 26.6. The van der Waals surface area contributed by atoms with E-state index < -0.39 is 5.82 Å². The van der Waals surface area contributed by atoms with Gasteiger partial charge in [-0.2, -0.15) is 10.2 Å². The maximum absolute atomic E-state index is 14.4. The van der Waals surface area contributed by atoms with Crippen LogP contribution in [0.25, 0.3) is 44.6 Å². The minimum atomic E-state index is -0.462. The van der Waals surface area contributed by atoms with Gasteiger partial charge in [0, 0.05) is 147 Å². The molecule has 0 aliphatic rings. The number of ketones is 4. The Kier molecular flexibility index (Phi) is 28.7. The number of aryl methyl sites for hydroxylation is 2. The number of nitrogens with one attached hydrogen (secondary N) is 2. The van der Waals surface area contributed by atoms with E-state index in [1.165, 1.54) is 17.2 Å². The number of carbonyl (C=O) groups excluding carboxylic acids is 8. The Hall–Kier alpha value is -12.2. The minimum absolute atomic E-state index is 0.00443. The number of H-pyrrole nitrogens is 2. The summed E-state index contributed by atoms with van der Waals surface area (Å²) in [6.45, 7) is 10.8. The van der Waals surface area contributed by atoms with E-state index in [4.69, 9.17) is 43.8 Å². The fraction of sp³-hybridized carbons (Fsp3) is 0.214. The lowest BCUT2D eigenvalue weighted by atomic mass is 10.0. The third kappa shape index (κ3) is 21.6. The molecule has 6 aromatic heterocycles. The molecule has 0 bridgehead atoms. The van der Waals surface area contributed by atoms with Crippen molar-refractivity contribution in [3.05, 3.63) is 272 Å². The highest BCUT2D eigenvalue weighted by molar-refractivity contribution is 6.35. The highest BCUT2D eigenvalue weighted by atomic mass is 35.5. The standard InChI is InChI=1S/2C21H20ClN3O3.C21H20ClN3O2.C21H20FN3O2/c1-4-21(27)25(3)15-6-7-17(18(22)10-15)19-8-5-14(12-23-19)20(26)11-16-9-13(2)24-28-16;1-4-21(27)25(3)15-6-7-17(18(22)10-15)14-5-8-19(23-12-14)20(26)11-16-9-13(2)24-28-16;2*1-3-21(27)25(2)19-9-8-16(12-18(19)22)14-4-6-15(7-5-14)20(26)13-17-10-11-23-24-17/h2*5-10,12H,4,11H2,1-3H3;2*4-12H,3,13H2,1-2H3,(H,23,24). The number of halogens is 4. The first-order valence-electron chi connectivity index (χ1n) is 35.1. The molecule has 12 rings (SSSR count). The van der Waals surface area contributed by atoms with Crippen LogP contribution in [0.4, 0.5) is 27.1 Å². The summed E-state index contributed by atoms with van der Waals surface area (Å²) in [5.41, 5.74) is 13.7. The Morgan fingerprint density at radius 3 is 1.24 bits per heavy atom. The second-order valence-electron chi connectivity index (χ2n) is 25.3. The number of aromatic nitrogens is 8. The zero-order valence-corrected chi connectivity index (χ0v) is 64.5. The van der Waals surface area contributed by atoms with Crippen LogP contribution in [0.5, 0.6) is 0 Å². The van der Waals surface area contributed by atoms with Crippen LogP contribution < -0.4 is 19.6 Å². The molecule has 4 amide bonds. The van der Waals surface area contributed by atoms with E-state index in [2.05, 4.69) is 40.7 Å². The average molecular weight is 1540 g/mol. The van der Waals surface area contributed by atoms with Crippen molar-refractivity contribution in [1.82, 2.24) is 40.7 Å². The number of aromatic amines is 2. The minimum Gasteiger partial charge on any atom is -0.361 e. The van der Waals surface area contributed by atoms with Gasteiger partial charge in [0.1, 0.15) is 23.0 Å². The van der Waals surface area contributed by atoms with Gasteiger partial charge in [0.2, 0.25) is 23.6 Å². The predicted molar refractivity (Wildman–Crippen MR) is 425 cm³/mol. The first-order valence-corrected chi connectivity index (χ1v) is 36.2. The monoisotopic (exact) mass is 1540 g/mol. The Bertz CT molecular complexity index is 4900. The quantitative estimate of drug-likeness (QED) is 0.0532. The molecule has 0 spiro atoms. The molecule has 12 aromatic rings. The number of pyridine rings is 2. The molecule has 22 nitrogen and oxygen atoms in total. The van der Waals surface area contributed by atoms with Gasteiger partial charge in [-0.15, -0.1) is 0 Å². The summed E-state index contributed by atoms with van der Waals surface area (Å²) < 4.78 is 24.6. The molecule has 0 atom stereocenters. The lowest BCUT2D eigenvalue weighted by Crippen LogP contribution is -2.25. The molecular formula is C84H80Cl3FN12O10.